The van der Waals surface area contributed by atoms with E-state index < -0.39 is 0 Å². The summed E-state index contributed by atoms with van der Waals surface area (Å²) < 4.78 is 1.13. The molecule has 0 unspecified atom stereocenters. The van der Waals surface area contributed by atoms with E-state index in [0.29, 0.717) is 0 Å². The lowest BCUT2D eigenvalue weighted by Gasteiger charge is -2.09. The van der Waals surface area contributed by atoms with E-state index in [1.165, 1.54) is 16.8 Å². The molecular weight excluding hydrogens is 274 g/mol. The van der Waals surface area contributed by atoms with Crippen LogP contribution >= 0.6 is 15.9 Å². The van der Waals surface area contributed by atoms with Gasteiger partial charge in [-0.15, -0.1) is 0 Å². The third kappa shape index (κ3) is 3.60. The fourth-order valence-corrected chi connectivity index (χ4v) is 2.03. The predicted molar refractivity (Wildman–Crippen MR) is 77.5 cm³/mol. The highest BCUT2D eigenvalue weighted by molar-refractivity contribution is 9.10. The molecule has 0 radical (unpaired) electrons. The van der Waals surface area contributed by atoms with Crippen molar-refractivity contribution in [1.82, 2.24) is 0 Å². The highest BCUT2D eigenvalue weighted by Gasteiger charge is 1.96. The Morgan fingerprint density at radius 3 is 2.41 bits per heavy atom. The van der Waals surface area contributed by atoms with Crippen LogP contribution in [0.3, 0.4) is 0 Å². The van der Waals surface area contributed by atoms with Gasteiger partial charge in [-0.3, -0.25) is 0 Å². The summed E-state index contributed by atoms with van der Waals surface area (Å²) in [6, 6.07) is 16.9. The molecule has 2 heteroatoms. The summed E-state index contributed by atoms with van der Waals surface area (Å²) in [5, 5.41) is 3.46. The minimum atomic E-state index is 0.965. The van der Waals surface area contributed by atoms with Gasteiger partial charge >= 0.3 is 0 Å². The summed E-state index contributed by atoms with van der Waals surface area (Å²) in [5.41, 5.74) is 3.88. The van der Waals surface area contributed by atoms with Crippen molar-refractivity contribution in [3.8, 4) is 0 Å². The molecule has 0 aliphatic heterocycles. The van der Waals surface area contributed by atoms with Crippen LogP contribution in [0.25, 0.3) is 0 Å². The van der Waals surface area contributed by atoms with Gasteiger partial charge in [0.2, 0.25) is 0 Å². The maximum atomic E-state index is 3.46. The molecule has 2 aromatic rings. The van der Waals surface area contributed by atoms with E-state index in [4.69, 9.17) is 0 Å². The van der Waals surface area contributed by atoms with Gasteiger partial charge in [-0.2, -0.15) is 0 Å². The fourth-order valence-electron chi connectivity index (χ4n) is 1.76. The minimum Gasteiger partial charge on any atom is -0.384 e. The molecule has 0 atom stereocenters. The summed E-state index contributed by atoms with van der Waals surface area (Å²) >= 11 is 3.44. The van der Waals surface area contributed by atoms with E-state index in [0.717, 1.165) is 17.4 Å². The zero-order valence-electron chi connectivity index (χ0n) is 9.91. The lowest BCUT2D eigenvalue weighted by atomic mass is 10.1. The summed E-state index contributed by atoms with van der Waals surface area (Å²) in [4.78, 5) is 0. The third-order valence-corrected chi connectivity index (χ3v) is 3.32. The maximum Gasteiger partial charge on any atom is 0.0369 e. The Bertz CT molecular complexity index is 477. The van der Waals surface area contributed by atoms with Gasteiger partial charge in [0.25, 0.3) is 0 Å². The Morgan fingerprint density at radius 1 is 1.00 bits per heavy atom. The molecule has 2 aromatic carbocycles. The number of hydrogen-bond donors (Lipinski definition) is 1. The molecule has 0 aliphatic rings. The van der Waals surface area contributed by atoms with Gasteiger partial charge in [0.1, 0.15) is 0 Å². The number of nitrogens with one attached hydrogen (secondary N) is 1. The molecule has 0 fully saturated rings. The Hall–Kier alpha value is -1.28. The monoisotopic (exact) mass is 289 g/mol. The molecule has 0 aromatic heterocycles. The van der Waals surface area contributed by atoms with Crippen LogP contribution in [-0.2, 0) is 6.42 Å². The molecule has 88 valence electrons. The topological polar surface area (TPSA) is 12.0 Å². The quantitative estimate of drug-likeness (QED) is 0.879. The molecule has 0 spiro atoms. The molecule has 2 rings (SSSR count). The molecular formula is C15H16BrN. The zero-order chi connectivity index (χ0) is 12.1. The molecule has 0 saturated carbocycles. The molecule has 1 nitrogen and oxygen atoms in total. The highest BCUT2D eigenvalue weighted by atomic mass is 79.9. The molecule has 17 heavy (non-hydrogen) atoms. The number of anilines is 1. The van der Waals surface area contributed by atoms with E-state index in [1.54, 1.807) is 0 Å². The van der Waals surface area contributed by atoms with Crippen molar-refractivity contribution < 1.29 is 0 Å². The number of para-hydroxylation sites is 1. The van der Waals surface area contributed by atoms with Gasteiger partial charge < -0.3 is 5.32 Å². The summed E-state index contributed by atoms with van der Waals surface area (Å²) in [6.07, 6.45) is 1.04. The molecule has 0 aliphatic carbocycles. The van der Waals surface area contributed by atoms with Gasteiger partial charge in [0.05, 0.1) is 0 Å². The van der Waals surface area contributed by atoms with Crippen molar-refractivity contribution in [1.29, 1.82) is 0 Å². The Labute approximate surface area is 111 Å². The number of hydrogen-bond acceptors (Lipinski definition) is 1. The summed E-state index contributed by atoms with van der Waals surface area (Å²) in [7, 11) is 0. The van der Waals surface area contributed by atoms with Crippen LogP contribution in [-0.4, -0.2) is 6.54 Å². The molecule has 1 N–H and O–H groups in total. The van der Waals surface area contributed by atoms with E-state index >= 15 is 0 Å². The molecule has 0 saturated heterocycles. The first-order valence-electron chi connectivity index (χ1n) is 5.79. The fraction of sp³-hybridized carbons (Fsp3) is 0.200. The lowest BCUT2D eigenvalue weighted by Crippen LogP contribution is -2.05. The van der Waals surface area contributed by atoms with Crippen LogP contribution < -0.4 is 5.32 Å². The van der Waals surface area contributed by atoms with Crippen molar-refractivity contribution in [2.75, 3.05) is 11.9 Å². The average Bonchev–Trinajstić information content (AvgIpc) is 2.34. The first kappa shape index (κ1) is 12.2. The summed E-state index contributed by atoms with van der Waals surface area (Å²) in [5.74, 6) is 0. The van der Waals surface area contributed by atoms with E-state index in [2.05, 4.69) is 76.7 Å². The van der Waals surface area contributed by atoms with Crippen LogP contribution in [0, 0.1) is 6.92 Å². The smallest absolute Gasteiger partial charge is 0.0369 e. The SMILES string of the molecule is Cc1ccccc1NCCc1ccc(Br)cc1. The Morgan fingerprint density at radius 2 is 1.71 bits per heavy atom. The standard InChI is InChI=1S/C15H16BrN/c1-12-4-2-3-5-15(12)17-11-10-13-6-8-14(16)9-7-13/h2-9,17H,10-11H2,1H3. The van der Waals surface area contributed by atoms with Gasteiger partial charge in [-0.05, 0) is 42.7 Å². The largest absolute Gasteiger partial charge is 0.384 e. The number of aryl methyl sites for hydroxylation is 1. The van der Waals surface area contributed by atoms with Crippen molar-refractivity contribution in [2.24, 2.45) is 0 Å². The van der Waals surface area contributed by atoms with Gasteiger partial charge in [0.15, 0.2) is 0 Å². The second-order valence-corrected chi connectivity index (χ2v) is 5.03. The summed E-state index contributed by atoms with van der Waals surface area (Å²) in [6.45, 7) is 3.09. The van der Waals surface area contributed by atoms with Crippen LogP contribution in [0.4, 0.5) is 5.69 Å². The van der Waals surface area contributed by atoms with Gasteiger partial charge in [0, 0.05) is 16.7 Å². The molecule has 0 heterocycles. The van der Waals surface area contributed by atoms with Crippen LogP contribution in [0.1, 0.15) is 11.1 Å². The number of benzene rings is 2. The zero-order valence-corrected chi connectivity index (χ0v) is 11.5. The minimum absolute atomic E-state index is 0.965. The van der Waals surface area contributed by atoms with E-state index in [1.807, 2.05) is 0 Å². The first-order valence-corrected chi connectivity index (χ1v) is 6.59. The lowest BCUT2D eigenvalue weighted by molar-refractivity contribution is 1.02. The Kier molecular flexibility index (Phi) is 4.21. The van der Waals surface area contributed by atoms with Crippen molar-refractivity contribution >= 4 is 21.6 Å². The Balaban J connectivity index is 1.88. The molecule has 0 bridgehead atoms. The maximum absolute atomic E-state index is 3.46. The number of halogens is 1. The first-order chi connectivity index (χ1) is 8.25. The van der Waals surface area contributed by atoms with Crippen LogP contribution in [0.2, 0.25) is 0 Å². The second-order valence-electron chi connectivity index (χ2n) is 4.12. The van der Waals surface area contributed by atoms with Crippen LogP contribution in [0.15, 0.2) is 53.0 Å². The second kappa shape index (κ2) is 5.87. The van der Waals surface area contributed by atoms with E-state index in [-0.39, 0.29) is 0 Å². The van der Waals surface area contributed by atoms with Crippen LogP contribution in [0.5, 0.6) is 0 Å². The molecule has 0 amide bonds. The predicted octanol–water partition coefficient (Wildman–Crippen LogP) is 4.41. The van der Waals surface area contributed by atoms with Gasteiger partial charge in [-0.1, -0.05) is 46.3 Å². The number of rotatable bonds is 4. The van der Waals surface area contributed by atoms with Gasteiger partial charge in [-0.25, -0.2) is 0 Å². The van der Waals surface area contributed by atoms with Crippen molar-refractivity contribution in [2.45, 2.75) is 13.3 Å². The normalized spacial score (nSPS) is 10.2. The van der Waals surface area contributed by atoms with Crippen molar-refractivity contribution in [3.63, 3.8) is 0 Å². The van der Waals surface area contributed by atoms with E-state index in [9.17, 15) is 0 Å². The third-order valence-electron chi connectivity index (χ3n) is 2.79. The van der Waals surface area contributed by atoms with Crippen molar-refractivity contribution in [3.05, 3.63) is 64.1 Å². The average molecular weight is 290 g/mol. The highest BCUT2D eigenvalue weighted by Crippen LogP contribution is 2.14.